The maximum absolute atomic E-state index is 13.9. The molecule has 0 fully saturated rings. The van der Waals surface area contributed by atoms with Crippen molar-refractivity contribution in [3.63, 3.8) is 0 Å². The Kier molecular flexibility index (Phi) is 4.55. The molecule has 2 N–H and O–H groups in total. The number of primary sulfonamides is 1. The molecule has 20 heavy (non-hydrogen) atoms. The zero-order valence-corrected chi connectivity index (χ0v) is 12.8. The molecule has 1 aromatic carbocycles. The Morgan fingerprint density at radius 3 is 2.35 bits per heavy atom. The van der Waals surface area contributed by atoms with Crippen LogP contribution in [0.5, 0.6) is 0 Å². The molecular weight excluding hydrogens is 283 g/mol. The fraction of sp³-hybridized carbons (Fsp3) is 0.462. The standard InChI is InChI=1S/C13H19FN2O3S/c1-5-13(2,3)16(4)12(17)10-7-6-9(8-11(10)14)20(15,18)19/h6-8H,5H2,1-4H3,(H2,15,18,19). The van der Waals surface area contributed by atoms with Gasteiger partial charge in [-0.05, 0) is 38.5 Å². The number of halogens is 1. The van der Waals surface area contributed by atoms with E-state index in [2.05, 4.69) is 0 Å². The van der Waals surface area contributed by atoms with Crippen molar-refractivity contribution in [1.29, 1.82) is 0 Å². The zero-order valence-electron chi connectivity index (χ0n) is 12.0. The molecule has 0 saturated heterocycles. The topological polar surface area (TPSA) is 80.5 Å². The van der Waals surface area contributed by atoms with Crippen LogP contribution in [-0.4, -0.2) is 31.8 Å². The van der Waals surface area contributed by atoms with E-state index in [1.54, 1.807) is 7.05 Å². The van der Waals surface area contributed by atoms with Crippen LogP contribution in [0.3, 0.4) is 0 Å². The van der Waals surface area contributed by atoms with Gasteiger partial charge in [0.05, 0.1) is 10.5 Å². The van der Waals surface area contributed by atoms with E-state index in [0.717, 1.165) is 18.2 Å². The van der Waals surface area contributed by atoms with E-state index in [1.807, 2.05) is 20.8 Å². The van der Waals surface area contributed by atoms with Crippen molar-refractivity contribution < 1.29 is 17.6 Å². The lowest BCUT2D eigenvalue weighted by Gasteiger charge is -2.35. The molecule has 0 aromatic heterocycles. The molecule has 0 spiro atoms. The summed E-state index contributed by atoms with van der Waals surface area (Å²) < 4.78 is 36.2. The van der Waals surface area contributed by atoms with Crippen LogP contribution in [0.25, 0.3) is 0 Å². The van der Waals surface area contributed by atoms with Crippen LogP contribution in [-0.2, 0) is 10.0 Å². The second kappa shape index (κ2) is 5.49. The predicted molar refractivity (Wildman–Crippen MR) is 74.2 cm³/mol. The van der Waals surface area contributed by atoms with Crippen LogP contribution in [0.2, 0.25) is 0 Å². The van der Waals surface area contributed by atoms with Crippen molar-refractivity contribution in [2.45, 2.75) is 37.6 Å². The quantitative estimate of drug-likeness (QED) is 0.919. The molecule has 0 saturated carbocycles. The summed E-state index contributed by atoms with van der Waals surface area (Å²) >= 11 is 0. The largest absolute Gasteiger partial charge is 0.337 e. The van der Waals surface area contributed by atoms with Gasteiger partial charge in [-0.2, -0.15) is 0 Å². The molecule has 0 bridgehead atoms. The molecule has 0 atom stereocenters. The molecule has 0 unspecified atom stereocenters. The first-order valence-corrected chi connectivity index (χ1v) is 7.66. The van der Waals surface area contributed by atoms with Crippen LogP contribution < -0.4 is 5.14 Å². The number of carbonyl (C=O) groups is 1. The second-order valence-corrected chi connectivity index (χ2v) is 6.78. The smallest absolute Gasteiger partial charge is 0.257 e. The third kappa shape index (κ3) is 3.34. The van der Waals surface area contributed by atoms with Gasteiger partial charge in [0.2, 0.25) is 10.0 Å². The third-order valence-electron chi connectivity index (χ3n) is 3.58. The summed E-state index contributed by atoms with van der Waals surface area (Å²) in [6, 6.07) is 3.02. The Labute approximate surface area is 118 Å². The number of sulfonamides is 1. The minimum atomic E-state index is -3.99. The third-order valence-corrected chi connectivity index (χ3v) is 4.49. The van der Waals surface area contributed by atoms with Gasteiger partial charge < -0.3 is 4.90 Å². The number of nitrogens with zero attached hydrogens (tertiary/aromatic N) is 1. The summed E-state index contributed by atoms with van der Waals surface area (Å²) in [6.07, 6.45) is 0.701. The molecule has 1 amide bonds. The van der Waals surface area contributed by atoms with Gasteiger partial charge in [-0.3, -0.25) is 4.79 Å². The molecule has 0 aliphatic rings. The molecule has 112 valence electrons. The summed E-state index contributed by atoms with van der Waals surface area (Å²) in [5.41, 5.74) is -0.608. The average Bonchev–Trinajstić information content (AvgIpc) is 2.35. The van der Waals surface area contributed by atoms with Crippen LogP contribution in [0, 0.1) is 5.82 Å². The number of carbonyl (C=O) groups excluding carboxylic acids is 1. The maximum Gasteiger partial charge on any atom is 0.257 e. The number of benzene rings is 1. The molecule has 0 heterocycles. The minimum absolute atomic E-state index is 0.179. The Morgan fingerprint density at radius 1 is 1.40 bits per heavy atom. The van der Waals surface area contributed by atoms with Gasteiger partial charge in [0, 0.05) is 12.6 Å². The Bertz CT molecular complexity index is 627. The van der Waals surface area contributed by atoms with Crippen LogP contribution in [0.4, 0.5) is 4.39 Å². The summed E-state index contributed by atoms with van der Waals surface area (Å²) in [6.45, 7) is 5.65. The lowest BCUT2D eigenvalue weighted by atomic mass is 9.99. The van der Waals surface area contributed by atoms with E-state index in [0.29, 0.717) is 6.42 Å². The van der Waals surface area contributed by atoms with E-state index in [4.69, 9.17) is 5.14 Å². The van der Waals surface area contributed by atoms with Crippen molar-refractivity contribution in [2.75, 3.05) is 7.05 Å². The predicted octanol–water partition coefficient (Wildman–Crippen LogP) is 1.73. The molecule has 5 nitrogen and oxygen atoms in total. The summed E-state index contributed by atoms with van der Waals surface area (Å²) in [5.74, 6) is -1.41. The van der Waals surface area contributed by atoms with Crippen molar-refractivity contribution in [1.82, 2.24) is 4.90 Å². The van der Waals surface area contributed by atoms with Gasteiger partial charge >= 0.3 is 0 Å². The van der Waals surface area contributed by atoms with E-state index in [-0.39, 0.29) is 10.5 Å². The molecule has 0 aliphatic carbocycles. The van der Waals surface area contributed by atoms with Gasteiger partial charge in [-0.1, -0.05) is 6.92 Å². The van der Waals surface area contributed by atoms with E-state index in [9.17, 15) is 17.6 Å². The van der Waals surface area contributed by atoms with Crippen LogP contribution in [0.1, 0.15) is 37.6 Å². The lowest BCUT2D eigenvalue weighted by molar-refractivity contribution is 0.0615. The highest BCUT2D eigenvalue weighted by molar-refractivity contribution is 7.89. The Hall–Kier alpha value is -1.47. The first-order chi connectivity index (χ1) is 9.00. The van der Waals surface area contributed by atoms with Gasteiger partial charge in [-0.25, -0.2) is 17.9 Å². The van der Waals surface area contributed by atoms with Crippen LogP contribution >= 0.6 is 0 Å². The summed E-state index contributed by atoms with van der Waals surface area (Å²) in [4.78, 5) is 13.3. The molecule has 1 aromatic rings. The summed E-state index contributed by atoms with van der Waals surface area (Å²) in [5, 5.41) is 4.91. The molecule has 0 aliphatic heterocycles. The van der Waals surface area contributed by atoms with Crippen molar-refractivity contribution >= 4 is 15.9 Å². The maximum atomic E-state index is 13.9. The van der Waals surface area contributed by atoms with E-state index >= 15 is 0 Å². The second-order valence-electron chi connectivity index (χ2n) is 5.22. The normalized spacial score (nSPS) is 12.3. The van der Waals surface area contributed by atoms with Gasteiger partial charge in [0.1, 0.15) is 5.82 Å². The molecule has 1 rings (SSSR count). The monoisotopic (exact) mass is 302 g/mol. The molecule has 7 heteroatoms. The lowest BCUT2D eigenvalue weighted by Crippen LogP contribution is -2.44. The SMILES string of the molecule is CCC(C)(C)N(C)C(=O)c1ccc(S(N)(=O)=O)cc1F. The highest BCUT2D eigenvalue weighted by Crippen LogP contribution is 2.21. The Balaban J connectivity index is 3.20. The first kappa shape index (κ1) is 16.6. The highest BCUT2D eigenvalue weighted by atomic mass is 32.2. The number of nitrogens with two attached hydrogens (primary N) is 1. The van der Waals surface area contributed by atoms with Crippen molar-refractivity contribution in [3.05, 3.63) is 29.6 Å². The highest BCUT2D eigenvalue weighted by Gasteiger charge is 2.28. The summed E-state index contributed by atoms with van der Waals surface area (Å²) in [7, 11) is -2.40. The number of rotatable bonds is 4. The molecule has 0 radical (unpaired) electrons. The van der Waals surface area contributed by atoms with Crippen LogP contribution in [0.15, 0.2) is 23.1 Å². The van der Waals surface area contributed by atoms with E-state index in [1.165, 1.54) is 4.90 Å². The average molecular weight is 302 g/mol. The van der Waals surface area contributed by atoms with Gasteiger partial charge in [0.15, 0.2) is 0 Å². The van der Waals surface area contributed by atoms with Gasteiger partial charge in [0.25, 0.3) is 5.91 Å². The fourth-order valence-corrected chi connectivity index (χ4v) is 2.06. The minimum Gasteiger partial charge on any atom is -0.337 e. The first-order valence-electron chi connectivity index (χ1n) is 6.11. The zero-order chi connectivity index (χ0) is 15.7. The number of hydrogen-bond acceptors (Lipinski definition) is 3. The molecular formula is C13H19FN2O3S. The van der Waals surface area contributed by atoms with Crippen molar-refractivity contribution in [2.24, 2.45) is 5.14 Å². The number of hydrogen-bond donors (Lipinski definition) is 1. The van der Waals surface area contributed by atoms with Crippen molar-refractivity contribution in [3.8, 4) is 0 Å². The van der Waals surface area contributed by atoms with Gasteiger partial charge in [-0.15, -0.1) is 0 Å². The fourth-order valence-electron chi connectivity index (χ4n) is 1.54. The number of amides is 1. The van der Waals surface area contributed by atoms with E-state index < -0.39 is 27.3 Å². The Morgan fingerprint density at radius 2 is 1.95 bits per heavy atom.